The number of hydrogen-bond acceptors (Lipinski definition) is 1. The van der Waals surface area contributed by atoms with Crippen LogP contribution in [0, 0.1) is 0 Å². The fourth-order valence-electron chi connectivity index (χ4n) is 1.32. The SMILES string of the molecule is C[Si](C)(C)N=P(C)(Br)c1ccccc1. The average Bonchev–Trinajstić information content (AvgIpc) is 2.01. The van der Waals surface area contributed by atoms with Gasteiger partial charge in [0.05, 0.1) is 0 Å². The zero-order chi connectivity index (χ0) is 10.8. The molecule has 78 valence electrons. The minimum Gasteiger partial charge on any atom is -0.324 e. The van der Waals surface area contributed by atoms with Gasteiger partial charge >= 0.3 is 0 Å². The molecule has 1 aromatic carbocycles. The molecule has 0 aromatic heterocycles. The number of benzene rings is 1. The molecule has 0 saturated carbocycles. The zero-order valence-corrected chi connectivity index (χ0v) is 12.6. The van der Waals surface area contributed by atoms with Gasteiger partial charge in [-0.25, -0.2) is 0 Å². The topological polar surface area (TPSA) is 12.4 Å². The van der Waals surface area contributed by atoms with Crippen LogP contribution in [0.4, 0.5) is 0 Å². The summed E-state index contributed by atoms with van der Waals surface area (Å²) in [6.45, 7) is 9.04. The Morgan fingerprint density at radius 1 is 1.14 bits per heavy atom. The molecular weight excluding hydrogens is 273 g/mol. The van der Waals surface area contributed by atoms with E-state index in [2.05, 4.69) is 66.1 Å². The zero-order valence-electron chi connectivity index (χ0n) is 9.16. The molecule has 14 heavy (non-hydrogen) atoms. The molecule has 0 bridgehead atoms. The van der Waals surface area contributed by atoms with E-state index >= 15 is 0 Å². The van der Waals surface area contributed by atoms with Gasteiger partial charge in [0.25, 0.3) is 0 Å². The maximum absolute atomic E-state index is 4.98. The summed E-state index contributed by atoms with van der Waals surface area (Å²) >= 11 is 3.81. The van der Waals surface area contributed by atoms with Crippen LogP contribution in [0.1, 0.15) is 0 Å². The van der Waals surface area contributed by atoms with Gasteiger partial charge in [0.1, 0.15) is 0 Å². The van der Waals surface area contributed by atoms with E-state index in [1.165, 1.54) is 5.30 Å². The van der Waals surface area contributed by atoms with E-state index in [0.717, 1.165) is 0 Å². The molecule has 4 heteroatoms. The van der Waals surface area contributed by atoms with Crippen molar-refractivity contribution in [3.63, 3.8) is 0 Å². The second-order valence-corrected chi connectivity index (χ2v) is 16.0. The minimum atomic E-state index is -1.42. The first kappa shape index (κ1) is 12.2. The third-order valence-corrected chi connectivity index (χ3v) is 9.51. The Bertz CT molecular complexity index is 350. The van der Waals surface area contributed by atoms with Crippen LogP contribution in [0.25, 0.3) is 0 Å². The van der Waals surface area contributed by atoms with Crippen LogP contribution in [0.3, 0.4) is 0 Å². The van der Waals surface area contributed by atoms with E-state index in [1.54, 1.807) is 0 Å². The van der Waals surface area contributed by atoms with Crippen molar-refractivity contribution in [3.8, 4) is 0 Å². The van der Waals surface area contributed by atoms with Crippen molar-refractivity contribution in [1.82, 2.24) is 0 Å². The first-order chi connectivity index (χ1) is 6.31. The highest BCUT2D eigenvalue weighted by Gasteiger charge is 2.18. The Kier molecular flexibility index (Phi) is 3.79. The molecule has 0 radical (unpaired) electrons. The molecule has 1 nitrogen and oxygen atoms in total. The van der Waals surface area contributed by atoms with Gasteiger partial charge in [-0.15, -0.1) is 0 Å². The van der Waals surface area contributed by atoms with Gasteiger partial charge in [-0.1, -0.05) is 50.0 Å². The summed E-state index contributed by atoms with van der Waals surface area (Å²) < 4.78 is 4.98. The van der Waals surface area contributed by atoms with Crippen molar-refractivity contribution in [2.75, 3.05) is 6.66 Å². The first-order valence-corrected chi connectivity index (χ1v) is 12.3. The minimum absolute atomic E-state index is 1.34. The molecule has 1 aromatic rings. The molecule has 1 atom stereocenters. The summed E-state index contributed by atoms with van der Waals surface area (Å²) in [6.07, 6.45) is 0. The van der Waals surface area contributed by atoms with Crippen LogP contribution >= 0.6 is 21.2 Å². The largest absolute Gasteiger partial charge is 0.324 e. The Morgan fingerprint density at radius 2 is 1.64 bits per heavy atom. The number of halogens is 1. The monoisotopic (exact) mass is 289 g/mol. The maximum atomic E-state index is 4.98. The van der Waals surface area contributed by atoms with E-state index in [0.29, 0.717) is 0 Å². The molecule has 0 amide bonds. The number of hydrogen-bond donors (Lipinski definition) is 0. The lowest BCUT2D eigenvalue weighted by Gasteiger charge is -2.19. The Morgan fingerprint density at radius 3 is 2.07 bits per heavy atom. The van der Waals surface area contributed by atoms with E-state index in [4.69, 9.17) is 4.41 Å². The molecule has 0 aliphatic carbocycles. The van der Waals surface area contributed by atoms with Crippen molar-refractivity contribution >= 4 is 34.8 Å². The molecular formula is C10H17BrNPSi. The first-order valence-electron chi connectivity index (χ1n) is 4.67. The van der Waals surface area contributed by atoms with Crippen molar-refractivity contribution in [2.45, 2.75) is 19.6 Å². The second kappa shape index (κ2) is 4.34. The normalized spacial score (nSPS) is 16.1. The quantitative estimate of drug-likeness (QED) is 0.569. The predicted octanol–water partition coefficient (Wildman–Crippen LogP) is 4.29. The summed E-state index contributed by atoms with van der Waals surface area (Å²) in [5.74, 6) is -1.42. The van der Waals surface area contributed by atoms with Crippen LogP contribution in [-0.2, 0) is 0 Å². The number of rotatable bonds is 2. The Balaban J connectivity index is 3.15. The van der Waals surface area contributed by atoms with Crippen LogP contribution < -0.4 is 5.30 Å². The van der Waals surface area contributed by atoms with Gasteiger partial charge in [-0.05, 0) is 22.2 Å². The van der Waals surface area contributed by atoms with Gasteiger partial charge < -0.3 is 4.41 Å². The predicted molar refractivity (Wildman–Crippen MR) is 73.6 cm³/mol. The fraction of sp³-hybridized carbons (Fsp3) is 0.400. The van der Waals surface area contributed by atoms with Gasteiger partial charge in [0.2, 0.25) is 0 Å². The maximum Gasteiger partial charge on any atom is 0.171 e. The molecule has 0 spiro atoms. The highest BCUT2D eigenvalue weighted by molar-refractivity contribution is 9.41. The summed E-state index contributed by atoms with van der Waals surface area (Å²) in [4.78, 5) is 0. The van der Waals surface area contributed by atoms with Crippen LogP contribution in [0.5, 0.6) is 0 Å². The molecule has 0 fully saturated rings. The highest BCUT2D eigenvalue weighted by atomic mass is 79.9. The van der Waals surface area contributed by atoms with E-state index < -0.39 is 14.0 Å². The molecule has 0 N–H and O–H groups in total. The standard InChI is InChI=1S/C10H17BrNPSi/c1-13(11,12-14(2,3)4)10-8-6-5-7-9-10/h5-9H,1-4H3. The summed E-state index contributed by atoms with van der Waals surface area (Å²) in [5, 5.41) is 1.34. The Labute approximate surface area is 95.8 Å². The van der Waals surface area contributed by atoms with E-state index in [9.17, 15) is 0 Å². The van der Waals surface area contributed by atoms with Crippen molar-refractivity contribution in [3.05, 3.63) is 30.3 Å². The van der Waals surface area contributed by atoms with Crippen molar-refractivity contribution < 1.29 is 0 Å². The molecule has 0 heterocycles. The second-order valence-electron chi connectivity index (χ2n) is 4.46. The number of nitrogens with zero attached hydrogens (tertiary/aromatic N) is 1. The van der Waals surface area contributed by atoms with Crippen LogP contribution in [-0.4, -0.2) is 14.9 Å². The van der Waals surface area contributed by atoms with E-state index in [1.807, 2.05) is 6.07 Å². The third kappa shape index (κ3) is 3.72. The average molecular weight is 290 g/mol. The molecule has 0 aliphatic heterocycles. The van der Waals surface area contributed by atoms with E-state index in [-0.39, 0.29) is 0 Å². The summed E-state index contributed by atoms with van der Waals surface area (Å²) in [6, 6.07) is 10.5. The van der Waals surface area contributed by atoms with Gasteiger partial charge in [-0.2, -0.15) is 0 Å². The summed E-state index contributed by atoms with van der Waals surface area (Å²) in [7, 11) is -1.35. The van der Waals surface area contributed by atoms with Crippen LogP contribution in [0.2, 0.25) is 19.6 Å². The van der Waals surface area contributed by atoms with Crippen molar-refractivity contribution in [2.24, 2.45) is 4.41 Å². The van der Waals surface area contributed by atoms with Crippen molar-refractivity contribution in [1.29, 1.82) is 0 Å². The highest BCUT2D eigenvalue weighted by Crippen LogP contribution is 2.53. The lowest BCUT2D eigenvalue weighted by molar-refractivity contribution is 1.59. The Hall–Kier alpha value is 0.147. The third-order valence-electron chi connectivity index (χ3n) is 1.72. The fourth-order valence-corrected chi connectivity index (χ4v) is 12.0. The molecule has 1 unspecified atom stereocenters. The van der Waals surface area contributed by atoms with Gasteiger partial charge in [-0.3, -0.25) is 0 Å². The smallest absolute Gasteiger partial charge is 0.171 e. The molecule has 1 rings (SSSR count). The van der Waals surface area contributed by atoms with Gasteiger partial charge in [0.15, 0.2) is 8.24 Å². The summed E-state index contributed by atoms with van der Waals surface area (Å²) in [5.41, 5.74) is 0. The van der Waals surface area contributed by atoms with Gasteiger partial charge in [0, 0.05) is 11.1 Å². The lowest BCUT2D eigenvalue weighted by atomic mass is 10.4. The lowest BCUT2D eigenvalue weighted by Crippen LogP contribution is -2.16. The molecule has 0 aliphatic rings. The molecule has 0 saturated heterocycles. The van der Waals surface area contributed by atoms with Crippen LogP contribution in [0.15, 0.2) is 34.7 Å².